The Balaban J connectivity index is 1.10. The molecule has 6 aliphatic rings. The molecular formula is C64H58BN3. The van der Waals surface area contributed by atoms with Crippen LogP contribution in [0.3, 0.4) is 0 Å². The average molecular weight is 880 g/mol. The summed E-state index contributed by atoms with van der Waals surface area (Å²) in [6, 6.07) is 69.8. The van der Waals surface area contributed by atoms with E-state index in [9.17, 15) is 0 Å². The first-order chi connectivity index (χ1) is 33.2. The van der Waals surface area contributed by atoms with Crippen molar-refractivity contribution in [3.05, 3.63) is 193 Å². The summed E-state index contributed by atoms with van der Waals surface area (Å²) in [5, 5.41) is 0. The highest BCUT2D eigenvalue weighted by Gasteiger charge is 2.62. The zero-order valence-electron chi connectivity index (χ0n) is 39.9. The lowest BCUT2D eigenvalue weighted by Crippen LogP contribution is -2.64. The van der Waals surface area contributed by atoms with E-state index in [0.717, 1.165) is 12.8 Å². The van der Waals surface area contributed by atoms with Crippen molar-refractivity contribution in [3.63, 3.8) is 0 Å². The van der Waals surface area contributed by atoms with E-state index in [1.54, 1.807) is 0 Å². The number of benzene rings is 8. The molecule has 3 nitrogen and oxygen atoms in total. The summed E-state index contributed by atoms with van der Waals surface area (Å²) in [5.74, 6) is 0. The van der Waals surface area contributed by atoms with Crippen LogP contribution in [0.25, 0.3) is 33.4 Å². The van der Waals surface area contributed by atoms with Gasteiger partial charge in [0.2, 0.25) is 0 Å². The molecule has 0 radical (unpaired) electrons. The quantitative estimate of drug-likeness (QED) is 0.160. The van der Waals surface area contributed by atoms with Gasteiger partial charge in [-0.1, -0.05) is 179 Å². The standard InChI is InChI=1S/C64H58BN3/c1-61-34-16-18-36-63(61,3)67(55-27-15-14-26-51(55)61)50-41-57-59-58(42-50)68-60-52(62(2)35-17-19-37-64(62,68)4)38-48(45-24-12-7-13-25-45)40-54(60)65(59)53-39-47(44-22-10-6-11-23-44)30-33-56(53)66(57)49-31-28-46(29-32-49)43-20-8-5-9-21-43/h5-15,20-33,38-42H,16-19,34-37H2,1-4H3. The smallest absolute Gasteiger partial charge is 0.252 e. The van der Waals surface area contributed by atoms with Crippen molar-refractivity contribution in [1.29, 1.82) is 0 Å². The Morgan fingerprint density at radius 1 is 0.368 bits per heavy atom. The summed E-state index contributed by atoms with van der Waals surface area (Å²) in [6.45, 7) is 10.4. The first-order valence-electron chi connectivity index (χ1n) is 25.5. The Hall–Kier alpha value is -6.78. The molecule has 68 heavy (non-hydrogen) atoms. The minimum Gasteiger partial charge on any atom is -0.335 e. The first-order valence-corrected chi connectivity index (χ1v) is 25.5. The summed E-state index contributed by atoms with van der Waals surface area (Å²) in [5.41, 5.74) is 24.0. The lowest BCUT2D eigenvalue weighted by atomic mass is 9.33. The zero-order valence-corrected chi connectivity index (χ0v) is 39.9. The van der Waals surface area contributed by atoms with Crippen molar-refractivity contribution in [2.45, 2.75) is 101 Å². The highest BCUT2D eigenvalue weighted by molar-refractivity contribution is 7.00. The molecule has 8 aromatic rings. The molecule has 0 saturated heterocycles. The summed E-state index contributed by atoms with van der Waals surface area (Å²) in [6.07, 6.45) is 9.72. The van der Waals surface area contributed by atoms with Crippen molar-refractivity contribution in [3.8, 4) is 33.4 Å². The van der Waals surface area contributed by atoms with Crippen LogP contribution in [0.5, 0.6) is 0 Å². The van der Waals surface area contributed by atoms with Gasteiger partial charge in [0.25, 0.3) is 6.71 Å². The van der Waals surface area contributed by atoms with Gasteiger partial charge in [-0.3, -0.25) is 0 Å². The summed E-state index contributed by atoms with van der Waals surface area (Å²) in [7, 11) is 0. The molecule has 4 atom stereocenters. The monoisotopic (exact) mass is 879 g/mol. The molecule has 4 heteroatoms. The van der Waals surface area contributed by atoms with Crippen molar-refractivity contribution in [2.24, 2.45) is 0 Å². The molecule has 8 aromatic carbocycles. The maximum absolute atomic E-state index is 2.93. The van der Waals surface area contributed by atoms with Crippen LogP contribution >= 0.6 is 0 Å². The van der Waals surface area contributed by atoms with Gasteiger partial charge in [-0.25, -0.2) is 0 Å². The average Bonchev–Trinajstić information content (AvgIpc) is 3.73. The van der Waals surface area contributed by atoms with E-state index in [1.807, 2.05) is 0 Å². The topological polar surface area (TPSA) is 9.72 Å². The Labute approximate surface area is 403 Å². The van der Waals surface area contributed by atoms with Crippen LogP contribution in [-0.2, 0) is 10.8 Å². The third kappa shape index (κ3) is 5.27. The Morgan fingerprint density at radius 3 is 1.56 bits per heavy atom. The fourth-order valence-corrected chi connectivity index (χ4v) is 14.9. The number of hydrogen-bond donors (Lipinski definition) is 0. The highest BCUT2D eigenvalue weighted by atomic mass is 15.3. The second-order valence-electron chi connectivity index (χ2n) is 21.9. The predicted octanol–water partition coefficient (Wildman–Crippen LogP) is 14.8. The van der Waals surface area contributed by atoms with Gasteiger partial charge in [-0.2, -0.15) is 0 Å². The molecule has 4 heterocycles. The number of para-hydroxylation sites is 1. The van der Waals surface area contributed by atoms with Gasteiger partial charge in [-0.05, 0) is 143 Å². The number of nitrogens with zero attached hydrogens (tertiary/aromatic N) is 3. The molecule has 0 N–H and O–H groups in total. The van der Waals surface area contributed by atoms with Crippen molar-refractivity contribution < 1.29 is 0 Å². The van der Waals surface area contributed by atoms with Crippen LogP contribution in [0.4, 0.5) is 39.8 Å². The van der Waals surface area contributed by atoms with Gasteiger partial charge in [0.05, 0.1) is 11.1 Å². The Morgan fingerprint density at radius 2 is 0.882 bits per heavy atom. The molecule has 2 saturated carbocycles. The number of hydrogen-bond acceptors (Lipinski definition) is 3. The van der Waals surface area contributed by atoms with E-state index in [2.05, 4.69) is 224 Å². The number of fused-ring (bicyclic) bond motifs is 10. The molecule has 0 spiro atoms. The molecular weight excluding hydrogens is 822 g/mol. The lowest BCUT2D eigenvalue weighted by Gasteiger charge is -2.53. The van der Waals surface area contributed by atoms with Gasteiger partial charge >= 0.3 is 0 Å². The normalized spacial score (nSPS) is 24.7. The molecule has 0 amide bonds. The molecule has 2 fully saturated rings. The van der Waals surface area contributed by atoms with Gasteiger partial charge in [-0.15, -0.1) is 0 Å². The maximum atomic E-state index is 2.93. The minimum absolute atomic E-state index is 0.0231. The third-order valence-electron chi connectivity index (χ3n) is 18.7. The van der Waals surface area contributed by atoms with E-state index in [-0.39, 0.29) is 28.6 Å². The van der Waals surface area contributed by atoms with E-state index >= 15 is 0 Å². The Bertz CT molecular complexity index is 3330. The minimum atomic E-state index is -0.116. The van der Waals surface area contributed by atoms with Crippen molar-refractivity contribution in [1.82, 2.24) is 0 Å². The third-order valence-corrected chi connectivity index (χ3v) is 18.7. The van der Waals surface area contributed by atoms with Crippen LogP contribution in [0, 0.1) is 0 Å². The summed E-state index contributed by atoms with van der Waals surface area (Å²) >= 11 is 0. The zero-order chi connectivity index (χ0) is 45.6. The molecule has 14 rings (SSSR count). The SMILES string of the molecule is CC12CCCCC1(C)N(c1cc3c4c(c1)N1c5c(cc(-c6ccccc6)cc5C5(C)CCCCC15C)B4c1cc(-c4ccccc4)ccc1N3c1ccc(-c3ccccc3)cc1)c1ccccc12. The molecule has 0 bridgehead atoms. The predicted molar refractivity (Wildman–Crippen MR) is 288 cm³/mol. The fourth-order valence-electron chi connectivity index (χ4n) is 14.9. The van der Waals surface area contributed by atoms with Gasteiger partial charge in [0.15, 0.2) is 0 Å². The van der Waals surface area contributed by atoms with Crippen LogP contribution in [0.1, 0.15) is 90.2 Å². The highest BCUT2D eigenvalue weighted by Crippen LogP contribution is 2.65. The second kappa shape index (κ2) is 14.4. The first kappa shape index (κ1) is 40.3. The summed E-state index contributed by atoms with van der Waals surface area (Å²) < 4.78 is 0. The molecule has 2 aliphatic carbocycles. The lowest BCUT2D eigenvalue weighted by molar-refractivity contribution is 0.194. The van der Waals surface area contributed by atoms with Crippen LogP contribution in [0.15, 0.2) is 182 Å². The van der Waals surface area contributed by atoms with Gasteiger partial charge in [0, 0.05) is 50.6 Å². The van der Waals surface area contributed by atoms with E-state index in [1.165, 1.54) is 139 Å². The largest absolute Gasteiger partial charge is 0.335 e. The second-order valence-corrected chi connectivity index (χ2v) is 21.9. The van der Waals surface area contributed by atoms with Crippen LogP contribution < -0.4 is 31.1 Å². The van der Waals surface area contributed by atoms with Crippen molar-refractivity contribution in [2.75, 3.05) is 14.7 Å². The van der Waals surface area contributed by atoms with Crippen molar-refractivity contribution >= 4 is 62.9 Å². The van der Waals surface area contributed by atoms with Crippen LogP contribution in [-0.4, -0.2) is 17.8 Å². The molecule has 0 aromatic heterocycles. The fraction of sp³-hybridized carbons (Fsp3) is 0.250. The van der Waals surface area contributed by atoms with E-state index in [0.29, 0.717) is 0 Å². The molecule has 4 unspecified atom stereocenters. The number of rotatable bonds is 5. The molecule has 4 aliphatic heterocycles. The van der Waals surface area contributed by atoms with Gasteiger partial charge < -0.3 is 14.7 Å². The maximum Gasteiger partial charge on any atom is 0.252 e. The van der Waals surface area contributed by atoms with E-state index in [4.69, 9.17) is 0 Å². The van der Waals surface area contributed by atoms with Crippen LogP contribution in [0.2, 0.25) is 0 Å². The van der Waals surface area contributed by atoms with Gasteiger partial charge in [0.1, 0.15) is 0 Å². The number of anilines is 7. The van der Waals surface area contributed by atoms with E-state index < -0.39 is 0 Å². The Kier molecular flexibility index (Phi) is 8.52. The molecule has 332 valence electrons. The summed E-state index contributed by atoms with van der Waals surface area (Å²) in [4.78, 5) is 8.40.